The van der Waals surface area contributed by atoms with Crippen molar-refractivity contribution in [2.45, 2.75) is 6.92 Å². The van der Waals surface area contributed by atoms with Crippen LogP contribution in [0.1, 0.15) is 17.3 Å². The highest BCUT2D eigenvalue weighted by Crippen LogP contribution is 2.23. The van der Waals surface area contributed by atoms with E-state index >= 15 is 0 Å². The zero-order chi connectivity index (χ0) is 18.4. The number of aromatic nitrogens is 1. The molecule has 1 heterocycles. The van der Waals surface area contributed by atoms with Crippen molar-refractivity contribution in [3.63, 3.8) is 0 Å². The summed E-state index contributed by atoms with van der Waals surface area (Å²) in [7, 11) is 3.32. The molecule has 0 aliphatic heterocycles. The first kappa shape index (κ1) is 18.3. The third-order valence-electron chi connectivity index (χ3n) is 3.35. The molecule has 0 aliphatic carbocycles. The van der Waals surface area contributed by atoms with E-state index in [2.05, 4.69) is 4.98 Å². The van der Waals surface area contributed by atoms with Gasteiger partial charge in [0.1, 0.15) is 11.4 Å². The van der Waals surface area contributed by atoms with Crippen LogP contribution in [0.25, 0.3) is 11.1 Å². The molecule has 0 spiro atoms. The third kappa shape index (κ3) is 4.50. The molecule has 1 aromatic carbocycles. The van der Waals surface area contributed by atoms with Crippen LogP contribution in [0.3, 0.4) is 0 Å². The Kier molecular flexibility index (Phi) is 6.00. The summed E-state index contributed by atoms with van der Waals surface area (Å²) in [5.74, 6) is -2.20. The summed E-state index contributed by atoms with van der Waals surface area (Å²) in [4.78, 5) is 30.1. The van der Waals surface area contributed by atoms with Gasteiger partial charge in [-0.2, -0.15) is 0 Å². The van der Waals surface area contributed by atoms with Crippen molar-refractivity contribution < 1.29 is 18.7 Å². The lowest BCUT2D eigenvalue weighted by Crippen LogP contribution is -2.20. The maximum atomic E-state index is 14.5. The van der Waals surface area contributed by atoms with Gasteiger partial charge in [-0.05, 0) is 42.3 Å². The van der Waals surface area contributed by atoms with Crippen molar-refractivity contribution in [3.8, 4) is 11.1 Å². The van der Waals surface area contributed by atoms with E-state index in [9.17, 15) is 14.0 Å². The Bertz CT molecular complexity index is 802. The van der Waals surface area contributed by atoms with Gasteiger partial charge in [0, 0.05) is 32.7 Å². The fraction of sp³-hybridized carbons (Fsp3) is 0.211. The van der Waals surface area contributed by atoms with Crippen molar-refractivity contribution in [1.82, 2.24) is 9.88 Å². The molecule has 25 heavy (non-hydrogen) atoms. The SMILES string of the molecule is CCOC(=O)/C(=C\N(C)C)C(=O)c1ccc(-c2ccncc2)cc1F. The zero-order valence-electron chi connectivity index (χ0n) is 14.3. The number of carbonyl (C=O) groups is 2. The monoisotopic (exact) mass is 342 g/mol. The average molecular weight is 342 g/mol. The van der Waals surface area contributed by atoms with Gasteiger partial charge in [0.2, 0.25) is 5.78 Å². The predicted octanol–water partition coefficient (Wildman–Crippen LogP) is 3.08. The summed E-state index contributed by atoms with van der Waals surface area (Å²) in [6, 6.07) is 7.75. The fourth-order valence-corrected chi connectivity index (χ4v) is 2.24. The summed E-state index contributed by atoms with van der Waals surface area (Å²) in [5.41, 5.74) is 0.995. The largest absolute Gasteiger partial charge is 0.462 e. The third-order valence-corrected chi connectivity index (χ3v) is 3.35. The zero-order valence-corrected chi connectivity index (χ0v) is 14.3. The number of halogens is 1. The van der Waals surface area contributed by atoms with Crippen molar-refractivity contribution >= 4 is 11.8 Å². The second kappa shape index (κ2) is 8.19. The summed E-state index contributed by atoms with van der Waals surface area (Å²) in [5, 5.41) is 0. The quantitative estimate of drug-likeness (QED) is 0.265. The van der Waals surface area contributed by atoms with Crippen LogP contribution < -0.4 is 0 Å². The minimum absolute atomic E-state index is 0.125. The molecule has 1 aromatic heterocycles. The first-order chi connectivity index (χ1) is 11.9. The highest BCUT2D eigenvalue weighted by Gasteiger charge is 2.24. The number of esters is 1. The lowest BCUT2D eigenvalue weighted by molar-refractivity contribution is -0.138. The van der Waals surface area contributed by atoms with Gasteiger partial charge in [-0.1, -0.05) is 6.07 Å². The van der Waals surface area contributed by atoms with E-state index in [0.29, 0.717) is 5.56 Å². The first-order valence-electron chi connectivity index (χ1n) is 7.74. The number of pyridine rings is 1. The molecule has 6 heteroatoms. The number of carbonyl (C=O) groups excluding carboxylic acids is 2. The lowest BCUT2D eigenvalue weighted by atomic mass is 9.99. The van der Waals surface area contributed by atoms with Crippen LogP contribution >= 0.6 is 0 Å². The van der Waals surface area contributed by atoms with E-state index in [1.807, 2.05) is 0 Å². The normalized spacial score (nSPS) is 11.1. The number of Topliss-reactive ketones (excluding diaryl/α,β-unsaturated/α-hetero) is 1. The summed E-state index contributed by atoms with van der Waals surface area (Å²) >= 11 is 0. The number of benzene rings is 1. The van der Waals surface area contributed by atoms with Crippen molar-refractivity contribution in [1.29, 1.82) is 0 Å². The number of nitrogens with zero attached hydrogens (tertiary/aromatic N) is 2. The van der Waals surface area contributed by atoms with E-state index in [1.165, 1.54) is 23.2 Å². The van der Waals surface area contributed by atoms with Crippen LogP contribution in [0.4, 0.5) is 4.39 Å². The lowest BCUT2D eigenvalue weighted by Gasteiger charge is -2.11. The fourth-order valence-electron chi connectivity index (χ4n) is 2.24. The molecule has 0 N–H and O–H groups in total. The van der Waals surface area contributed by atoms with Crippen LogP contribution in [0.15, 0.2) is 54.5 Å². The summed E-state index contributed by atoms with van der Waals surface area (Å²) < 4.78 is 19.4. The Morgan fingerprint density at radius 3 is 2.40 bits per heavy atom. The molecule has 2 aromatic rings. The van der Waals surface area contributed by atoms with E-state index in [1.54, 1.807) is 51.6 Å². The molecule has 0 fully saturated rings. The maximum Gasteiger partial charge on any atom is 0.343 e. The maximum absolute atomic E-state index is 14.5. The van der Waals surface area contributed by atoms with Gasteiger partial charge in [-0.15, -0.1) is 0 Å². The van der Waals surface area contributed by atoms with Crippen LogP contribution in [0.2, 0.25) is 0 Å². The van der Waals surface area contributed by atoms with Crippen LogP contribution in [-0.2, 0) is 9.53 Å². The van der Waals surface area contributed by atoms with Gasteiger partial charge in [0.25, 0.3) is 0 Å². The molecule has 0 saturated carbocycles. The molecular weight excluding hydrogens is 323 g/mol. The molecule has 0 saturated heterocycles. The minimum atomic E-state index is -0.779. The number of rotatable bonds is 6. The summed E-state index contributed by atoms with van der Waals surface area (Å²) in [6.07, 6.45) is 4.53. The molecule has 130 valence electrons. The highest BCUT2D eigenvalue weighted by molar-refractivity contribution is 6.24. The molecule has 0 amide bonds. The Labute approximate surface area is 145 Å². The minimum Gasteiger partial charge on any atom is -0.462 e. The van der Waals surface area contributed by atoms with Crippen molar-refractivity contribution in [2.24, 2.45) is 0 Å². The smallest absolute Gasteiger partial charge is 0.343 e. The van der Waals surface area contributed by atoms with E-state index in [-0.39, 0.29) is 17.7 Å². The van der Waals surface area contributed by atoms with Gasteiger partial charge in [-0.3, -0.25) is 9.78 Å². The molecule has 0 radical (unpaired) electrons. The number of ether oxygens (including phenoxy) is 1. The number of hydrogen-bond donors (Lipinski definition) is 0. The Morgan fingerprint density at radius 1 is 1.16 bits per heavy atom. The second-order valence-corrected chi connectivity index (χ2v) is 5.49. The van der Waals surface area contributed by atoms with Crippen LogP contribution in [-0.4, -0.2) is 42.3 Å². The van der Waals surface area contributed by atoms with Gasteiger partial charge in [-0.25, -0.2) is 9.18 Å². The van der Waals surface area contributed by atoms with Crippen molar-refractivity contribution in [2.75, 3.05) is 20.7 Å². The number of ketones is 1. The number of hydrogen-bond acceptors (Lipinski definition) is 5. The van der Waals surface area contributed by atoms with E-state index in [0.717, 1.165) is 5.56 Å². The molecule has 0 atom stereocenters. The van der Waals surface area contributed by atoms with Crippen LogP contribution in [0, 0.1) is 5.82 Å². The highest BCUT2D eigenvalue weighted by atomic mass is 19.1. The Hall–Kier alpha value is -3.02. The van der Waals surface area contributed by atoms with Gasteiger partial charge in [0.05, 0.1) is 12.2 Å². The molecule has 0 unspecified atom stereocenters. The van der Waals surface area contributed by atoms with Crippen molar-refractivity contribution in [3.05, 3.63) is 65.9 Å². The molecule has 5 nitrogen and oxygen atoms in total. The topological polar surface area (TPSA) is 59.5 Å². The van der Waals surface area contributed by atoms with E-state index in [4.69, 9.17) is 4.74 Å². The second-order valence-electron chi connectivity index (χ2n) is 5.49. The van der Waals surface area contributed by atoms with Gasteiger partial charge >= 0.3 is 5.97 Å². The first-order valence-corrected chi connectivity index (χ1v) is 7.74. The summed E-state index contributed by atoms with van der Waals surface area (Å²) in [6.45, 7) is 1.76. The molecular formula is C19H19FN2O3. The molecule has 0 aliphatic rings. The van der Waals surface area contributed by atoms with Gasteiger partial charge < -0.3 is 9.64 Å². The van der Waals surface area contributed by atoms with Gasteiger partial charge in [0.15, 0.2) is 0 Å². The Morgan fingerprint density at radius 2 is 1.84 bits per heavy atom. The van der Waals surface area contributed by atoms with Crippen LogP contribution in [0.5, 0.6) is 0 Å². The molecule has 2 rings (SSSR count). The standard InChI is InChI=1S/C19H19FN2O3/c1-4-25-19(24)16(12-22(2)3)18(23)15-6-5-14(11-17(15)20)13-7-9-21-10-8-13/h5-12H,4H2,1-3H3/b16-12-. The average Bonchev–Trinajstić information content (AvgIpc) is 2.60. The Balaban J connectivity index is 2.39. The molecule has 0 bridgehead atoms. The predicted molar refractivity (Wildman–Crippen MR) is 92.4 cm³/mol. The van der Waals surface area contributed by atoms with E-state index < -0.39 is 17.6 Å².